The normalized spacial score (nSPS) is 15.3. The Labute approximate surface area is 132 Å². The van der Waals surface area contributed by atoms with Crippen LogP contribution in [0.4, 0.5) is 5.69 Å². The van der Waals surface area contributed by atoms with Gasteiger partial charge in [0.1, 0.15) is 0 Å². The molecule has 1 aliphatic heterocycles. The molecule has 0 N–H and O–H groups in total. The number of furan rings is 1. The average molecular weight is 326 g/mol. The van der Waals surface area contributed by atoms with Crippen LogP contribution in [0.25, 0.3) is 0 Å². The predicted molar refractivity (Wildman–Crippen MR) is 81.1 cm³/mol. The third-order valence-corrected chi connectivity index (χ3v) is 4.00. The van der Waals surface area contributed by atoms with Gasteiger partial charge in [0.05, 0.1) is 22.0 Å². The first-order valence-corrected chi connectivity index (χ1v) is 7.29. The maximum atomic E-state index is 12.2. The molecule has 0 spiro atoms. The van der Waals surface area contributed by atoms with Gasteiger partial charge in [-0.05, 0) is 12.1 Å². The zero-order chi connectivity index (χ0) is 14.8. The van der Waals surface area contributed by atoms with Gasteiger partial charge in [-0.3, -0.25) is 9.78 Å². The minimum absolute atomic E-state index is 0.0911. The summed E-state index contributed by atoms with van der Waals surface area (Å²) < 4.78 is 5.14. The summed E-state index contributed by atoms with van der Waals surface area (Å²) in [7, 11) is 0. The third-order valence-electron chi connectivity index (χ3n) is 3.44. The average Bonchev–Trinajstić information content (AvgIpc) is 3.01. The first kappa shape index (κ1) is 14.2. The molecule has 0 saturated carbocycles. The van der Waals surface area contributed by atoms with Gasteiger partial charge < -0.3 is 14.2 Å². The number of carbonyl (C=O) groups is 1. The monoisotopic (exact) mass is 325 g/mol. The predicted octanol–water partition coefficient (Wildman–Crippen LogP) is 2.94. The summed E-state index contributed by atoms with van der Waals surface area (Å²) in [5, 5.41) is 1.04. The van der Waals surface area contributed by atoms with Gasteiger partial charge >= 0.3 is 0 Å². The van der Waals surface area contributed by atoms with Crippen LogP contribution in [0.15, 0.2) is 35.2 Å². The Kier molecular flexibility index (Phi) is 4.03. The van der Waals surface area contributed by atoms with Gasteiger partial charge in [-0.25, -0.2) is 0 Å². The van der Waals surface area contributed by atoms with Crippen molar-refractivity contribution in [2.24, 2.45) is 0 Å². The van der Waals surface area contributed by atoms with Crippen molar-refractivity contribution in [3.8, 4) is 0 Å². The molecule has 0 aromatic carbocycles. The van der Waals surface area contributed by atoms with Crippen LogP contribution < -0.4 is 4.90 Å². The van der Waals surface area contributed by atoms with E-state index in [1.807, 2.05) is 0 Å². The maximum absolute atomic E-state index is 12.2. The van der Waals surface area contributed by atoms with Crippen LogP contribution in [0.2, 0.25) is 10.0 Å². The van der Waals surface area contributed by atoms with Crippen molar-refractivity contribution in [2.45, 2.75) is 0 Å². The van der Waals surface area contributed by atoms with Crippen molar-refractivity contribution in [2.75, 3.05) is 31.1 Å². The highest BCUT2D eigenvalue weighted by molar-refractivity contribution is 6.38. The molecule has 1 amide bonds. The van der Waals surface area contributed by atoms with Gasteiger partial charge in [0.25, 0.3) is 5.91 Å². The van der Waals surface area contributed by atoms with E-state index >= 15 is 0 Å². The minimum atomic E-state index is -0.0911. The Bertz CT molecular complexity index is 617. The van der Waals surface area contributed by atoms with Crippen LogP contribution in [0, 0.1) is 0 Å². The summed E-state index contributed by atoms with van der Waals surface area (Å²) in [4.78, 5) is 20.0. The van der Waals surface area contributed by atoms with E-state index in [0.717, 1.165) is 5.69 Å². The standard InChI is InChI=1S/C14H13Cl2N3O2/c15-10-8-17-9-11(16)13(10)18-3-5-19(6-4-18)14(20)12-2-1-7-21-12/h1-2,7-9H,3-6H2. The summed E-state index contributed by atoms with van der Waals surface area (Å²) in [6.45, 7) is 2.51. The van der Waals surface area contributed by atoms with Crippen LogP contribution >= 0.6 is 23.2 Å². The summed E-state index contributed by atoms with van der Waals surface area (Å²) in [5.41, 5.74) is 0.776. The number of aromatic nitrogens is 1. The smallest absolute Gasteiger partial charge is 0.289 e. The zero-order valence-electron chi connectivity index (χ0n) is 11.1. The van der Waals surface area contributed by atoms with Crippen molar-refractivity contribution in [1.82, 2.24) is 9.88 Å². The van der Waals surface area contributed by atoms with Crippen LogP contribution in [0.3, 0.4) is 0 Å². The Morgan fingerprint density at radius 3 is 2.38 bits per heavy atom. The number of anilines is 1. The van der Waals surface area contributed by atoms with E-state index in [2.05, 4.69) is 9.88 Å². The van der Waals surface area contributed by atoms with Gasteiger partial charge in [-0.1, -0.05) is 23.2 Å². The molecule has 0 atom stereocenters. The lowest BCUT2D eigenvalue weighted by molar-refractivity contribution is 0.0715. The lowest BCUT2D eigenvalue weighted by Crippen LogP contribution is -2.48. The molecule has 1 aliphatic rings. The minimum Gasteiger partial charge on any atom is -0.459 e. The lowest BCUT2D eigenvalue weighted by atomic mass is 10.2. The Balaban J connectivity index is 1.69. The third kappa shape index (κ3) is 2.84. The number of carbonyl (C=O) groups excluding carboxylic acids is 1. The Morgan fingerprint density at radius 2 is 1.81 bits per heavy atom. The fourth-order valence-corrected chi connectivity index (χ4v) is 3.00. The number of pyridine rings is 1. The van der Waals surface area contributed by atoms with E-state index in [4.69, 9.17) is 27.6 Å². The largest absolute Gasteiger partial charge is 0.459 e. The van der Waals surface area contributed by atoms with Gasteiger partial charge in [0.15, 0.2) is 5.76 Å². The number of rotatable bonds is 2. The second-order valence-electron chi connectivity index (χ2n) is 4.71. The molecule has 0 aliphatic carbocycles. The van der Waals surface area contributed by atoms with Gasteiger partial charge in [0.2, 0.25) is 0 Å². The molecule has 21 heavy (non-hydrogen) atoms. The van der Waals surface area contributed by atoms with Crippen molar-refractivity contribution < 1.29 is 9.21 Å². The molecule has 0 bridgehead atoms. The highest BCUT2D eigenvalue weighted by atomic mass is 35.5. The fraction of sp³-hybridized carbons (Fsp3) is 0.286. The SMILES string of the molecule is O=C(c1ccco1)N1CCN(c2c(Cl)cncc2Cl)CC1. The van der Waals surface area contributed by atoms with Crippen molar-refractivity contribution in [1.29, 1.82) is 0 Å². The van der Waals surface area contributed by atoms with Crippen molar-refractivity contribution in [3.05, 3.63) is 46.6 Å². The molecule has 1 fully saturated rings. The lowest BCUT2D eigenvalue weighted by Gasteiger charge is -2.36. The molecule has 110 valence electrons. The van der Waals surface area contributed by atoms with Gasteiger partial charge in [-0.15, -0.1) is 0 Å². The van der Waals surface area contributed by atoms with Crippen molar-refractivity contribution >= 4 is 34.8 Å². The number of nitrogens with zero attached hydrogens (tertiary/aromatic N) is 3. The van der Waals surface area contributed by atoms with E-state index in [1.165, 1.54) is 6.26 Å². The van der Waals surface area contributed by atoms with Crippen LogP contribution in [0.1, 0.15) is 10.6 Å². The van der Waals surface area contributed by atoms with E-state index in [1.54, 1.807) is 29.4 Å². The molecule has 1 saturated heterocycles. The highest BCUT2D eigenvalue weighted by Gasteiger charge is 2.25. The summed E-state index contributed by atoms with van der Waals surface area (Å²) in [5.74, 6) is 0.273. The van der Waals surface area contributed by atoms with Crippen LogP contribution in [-0.4, -0.2) is 42.0 Å². The van der Waals surface area contributed by atoms with Gasteiger partial charge in [0, 0.05) is 38.6 Å². The first-order valence-electron chi connectivity index (χ1n) is 6.53. The summed E-state index contributed by atoms with van der Waals surface area (Å²) in [6, 6.07) is 3.38. The zero-order valence-corrected chi connectivity index (χ0v) is 12.6. The van der Waals surface area contributed by atoms with Crippen LogP contribution in [0.5, 0.6) is 0 Å². The molecular weight excluding hydrogens is 313 g/mol. The Morgan fingerprint density at radius 1 is 1.14 bits per heavy atom. The molecule has 2 aromatic rings. The quantitative estimate of drug-likeness (QED) is 0.851. The van der Waals surface area contributed by atoms with Crippen LogP contribution in [-0.2, 0) is 0 Å². The molecule has 3 heterocycles. The summed E-state index contributed by atoms with van der Waals surface area (Å²) in [6.07, 6.45) is 4.65. The molecule has 3 rings (SSSR count). The number of hydrogen-bond acceptors (Lipinski definition) is 4. The first-order chi connectivity index (χ1) is 10.2. The number of halogens is 2. The topological polar surface area (TPSA) is 49.6 Å². The van der Waals surface area contributed by atoms with E-state index in [9.17, 15) is 4.79 Å². The van der Waals surface area contributed by atoms with E-state index < -0.39 is 0 Å². The Hall–Kier alpha value is -1.72. The van der Waals surface area contributed by atoms with Gasteiger partial charge in [-0.2, -0.15) is 0 Å². The summed E-state index contributed by atoms with van der Waals surface area (Å²) >= 11 is 12.3. The second kappa shape index (κ2) is 5.95. The fourth-order valence-electron chi connectivity index (χ4n) is 2.40. The van der Waals surface area contributed by atoms with Crippen molar-refractivity contribution in [3.63, 3.8) is 0 Å². The highest BCUT2D eigenvalue weighted by Crippen LogP contribution is 2.33. The number of hydrogen-bond donors (Lipinski definition) is 0. The van der Waals surface area contributed by atoms with E-state index in [0.29, 0.717) is 42.0 Å². The molecule has 2 aromatic heterocycles. The number of piperazine rings is 1. The number of amides is 1. The second-order valence-corrected chi connectivity index (χ2v) is 5.52. The maximum Gasteiger partial charge on any atom is 0.289 e. The molecular formula is C14H13Cl2N3O2. The van der Waals surface area contributed by atoms with E-state index in [-0.39, 0.29) is 5.91 Å². The molecule has 0 unspecified atom stereocenters. The molecule has 0 radical (unpaired) electrons. The molecule has 7 heteroatoms. The molecule has 5 nitrogen and oxygen atoms in total.